The number of nitrogens with two attached hydrogens (primary N) is 2. The van der Waals surface area contributed by atoms with E-state index in [-0.39, 0.29) is 47.6 Å². The van der Waals surface area contributed by atoms with Crippen LogP contribution in [0.15, 0.2) is 0 Å². The Morgan fingerprint density at radius 2 is 1.42 bits per heavy atom. The Kier molecular flexibility index (Phi) is 13.7. The van der Waals surface area contributed by atoms with Gasteiger partial charge in [0.05, 0.1) is 11.5 Å². The lowest BCUT2D eigenvalue weighted by Crippen LogP contribution is -2.25. The molecule has 0 spiro atoms. The van der Waals surface area contributed by atoms with Crippen molar-refractivity contribution in [2.24, 2.45) is 11.5 Å². The Balaban J connectivity index is 0. The van der Waals surface area contributed by atoms with Gasteiger partial charge in [-0.25, -0.2) is 16.8 Å². The van der Waals surface area contributed by atoms with E-state index in [0.29, 0.717) is 10.8 Å². The summed E-state index contributed by atoms with van der Waals surface area (Å²) in [7, 11) is -6.60. The third kappa shape index (κ3) is 15.0. The normalized spacial score (nSPS) is 12.8. The highest BCUT2D eigenvalue weighted by Crippen LogP contribution is 2.26. The van der Waals surface area contributed by atoms with Crippen molar-refractivity contribution in [3.8, 4) is 0 Å². The highest BCUT2D eigenvalue weighted by atomic mass is 33.1. The van der Waals surface area contributed by atoms with Gasteiger partial charge in [-0.2, -0.15) is 0 Å². The maximum absolute atomic E-state index is 11.4. The van der Waals surface area contributed by atoms with Crippen LogP contribution >= 0.6 is 21.6 Å². The first-order chi connectivity index (χ1) is 10.9. The first kappa shape index (κ1) is 25.7. The first-order valence-corrected chi connectivity index (χ1v) is 12.7. The van der Waals surface area contributed by atoms with E-state index in [1.54, 1.807) is 6.92 Å². The molecule has 0 aromatic rings. The van der Waals surface area contributed by atoms with Crippen LogP contribution in [-0.4, -0.2) is 74.6 Å². The molecule has 6 N–H and O–H groups in total. The number of carboxylic acid groups (broad SMARTS) is 2. The summed E-state index contributed by atoms with van der Waals surface area (Å²) in [5.41, 5.74) is 10.2. The summed E-state index contributed by atoms with van der Waals surface area (Å²) in [6.45, 7) is 1.40. The number of carbonyl (C=O) groups is 2. The van der Waals surface area contributed by atoms with Crippen LogP contribution in [0.2, 0.25) is 0 Å². The van der Waals surface area contributed by atoms with Gasteiger partial charge in [0.25, 0.3) is 0 Å². The Morgan fingerprint density at radius 1 is 1.00 bits per heavy atom. The highest BCUT2D eigenvalue weighted by molar-refractivity contribution is 8.74. The van der Waals surface area contributed by atoms with Crippen LogP contribution < -0.4 is 11.5 Å². The molecule has 10 nitrogen and oxygen atoms in total. The Labute approximate surface area is 148 Å². The molecule has 144 valence electrons. The predicted octanol–water partition coefficient (Wildman–Crippen LogP) is -1.04. The standard InChI is InChI=1S/C7H16N2O6S4.C3H6O2/c8-1-3-18(12,13)16-5-6(7(10)11)17-19(14,15)4-2-9;1-2-3(4)5/h6H,1-5,8-9H2,(H,10,11);2H2,1H3,(H,4,5). The summed E-state index contributed by atoms with van der Waals surface area (Å²) >= 11 is 0. The molecule has 0 heterocycles. The molecule has 0 bridgehead atoms. The second-order valence-electron chi connectivity index (χ2n) is 4.06. The number of hydrogen-bond donors (Lipinski definition) is 4. The molecule has 1 unspecified atom stereocenters. The predicted molar refractivity (Wildman–Crippen MR) is 95.1 cm³/mol. The second-order valence-corrected chi connectivity index (χ2v) is 12.8. The van der Waals surface area contributed by atoms with E-state index in [4.69, 9.17) is 21.7 Å². The minimum atomic E-state index is -3.68. The molecule has 14 heteroatoms. The van der Waals surface area contributed by atoms with Gasteiger partial charge in [0.15, 0.2) is 0 Å². The van der Waals surface area contributed by atoms with Crippen LogP contribution in [0.4, 0.5) is 0 Å². The van der Waals surface area contributed by atoms with Crippen molar-refractivity contribution in [1.82, 2.24) is 0 Å². The third-order valence-corrected chi connectivity index (χ3v) is 9.44. The second kappa shape index (κ2) is 12.8. The van der Waals surface area contributed by atoms with Crippen LogP contribution in [0.1, 0.15) is 13.3 Å². The fourth-order valence-corrected chi connectivity index (χ4v) is 7.32. The number of hydrogen-bond acceptors (Lipinski definition) is 10. The molecule has 0 aromatic heterocycles. The summed E-state index contributed by atoms with van der Waals surface area (Å²) < 4.78 is 45.6. The molecule has 0 fully saturated rings. The number of rotatable bonds is 11. The third-order valence-electron chi connectivity index (χ3n) is 1.98. The van der Waals surface area contributed by atoms with Gasteiger partial charge in [0.2, 0.25) is 17.7 Å². The number of carboxylic acids is 2. The van der Waals surface area contributed by atoms with E-state index in [2.05, 4.69) is 0 Å². The van der Waals surface area contributed by atoms with Gasteiger partial charge in [-0.05, 0) is 21.6 Å². The maximum atomic E-state index is 11.4. The molecule has 0 aliphatic rings. The van der Waals surface area contributed by atoms with Crippen LogP contribution in [0.5, 0.6) is 0 Å². The molecule has 0 saturated carbocycles. The summed E-state index contributed by atoms with van der Waals surface area (Å²) in [5.74, 6) is -3.15. The zero-order valence-corrected chi connectivity index (χ0v) is 16.2. The van der Waals surface area contributed by atoms with Gasteiger partial charge in [-0.3, -0.25) is 9.59 Å². The summed E-state index contributed by atoms with van der Waals surface area (Å²) in [4.78, 5) is 20.3. The fourth-order valence-electron chi connectivity index (χ4n) is 0.878. The van der Waals surface area contributed by atoms with Gasteiger partial charge in [0.1, 0.15) is 5.25 Å². The molecule has 0 saturated heterocycles. The molecular weight excluding hydrogens is 404 g/mol. The van der Waals surface area contributed by atoms with Crippen molar-refractivity contribution < 1.29 is 36.6 Å². The summed E-state index contributed by atoms with van der Waals surface area (Å²) in [6, 6.07) is 0. The van der Waals surface area contributed by atoms with Crippen molar-refractivity contribution in [3.05, 3.63) is 0 Å². The molecule has 24 heavy (non-hydrogen) atoms. The molecule has 0 amide bonds. The van der Waals surface area contributed by atoms with E-state index < -0.39 is 34.9 Å². The zero-order chi connectivity index (χ0) is 19.4. The van der Waals surface area contributed by atoms with Gasteiger partial charge < -0.3 is 21.7 Å². The van der Waals surface area contributed by atoms with Gasteiger partial charge in [0, 0.05) is 25.3 Å². The Hall–Kier alpha value is -0.540. The Bertz CT molecular complexity index is 590. The minimum Gasteiger partial charge on any atom is -0.481 e. The SMILES string of the molecule is CCC(=O)O.NCCS(=O)(=O)SCC(SS(=O)(=O)CCN)C(=O)O. The summed E-state index contributed by atoms with van der Waals surface area (Å²) in [5, 5.41) is 15.2. The van der Waals surface area contributed by atoms with Crippen LogP contribution in [0.25, 0.3) is 0 Å². The molecule has 1 atom stereocenters. The topological polar surface area (TPSA) is 195 Å². The monoisotopic (exact) mass is 426 g/mol. The molecular formula is C10H22N2O8S4. The minimum absolute atomic E-state index is 0.0777. The largest absolute Gasteiger partial charge is 0.481 e. The zero-order valence-electron chi connectivity index (χ0n) is 13.0. The van der Waals surface area contributed by atoms with Crippen LogP contribution in [-0.2, 0) is 27.3 Å². The lowest BCUT2D eigenvalue weighted by atomic mass is 10.5. The van der Waals surface area contributed by atoms with E-state index in [1.807, 2.05) is 0 Å². The van der Waals surface area contributed by atoms with E-state index in [1.165, 1.54) is 0 Å². The van der Waals surface area contributed by atoms with E-state index >= 15 is 0 Å². The Morgan fingerprint density at radius 3 is 1.75 bits per heavy atom. The molecule has 0 rings (SSSR count). The smallest absolute Gasteiger partial charge is 0.318 e. The lowest BCUT2D eigenvalue weighted by Gasteiger charge is -2.11. The van der Waals surface area contributed by atoms with Gasteiger partial charge >= 0.3 is 11.9 Å². The average molecular weight is 427 g/mol. The van der Waals surface area contributed by atoms with E-state index in [0.717, 1.165) is 0 Å². The molecule has 0 aliphatic carbocycles. The number of aliphatic carboxylic acids is 2. The van der Waals surface area contributed by atoms with Gasteiger partial charge in [-0.1, -0.05) is 6.92 Å². The fraction of sp³-hybridized carbons (Fsp3) is 0.800. The first-order valence-electron chi connectivity index (χ1n) is 6.53. The van der Waals surface area contributed by atoms with Crippen molar-refractivity contribution >= 4 is 51.3 Å². The van der Waals surface area contributed by atoms with Crippen molar-refractivity contribution in [2.75, 3.05) is 30.3 Å². The lowest BCUT2D eigenvalue weighted by molar-refractivity contribution is -0.137. The highest BCUT2D eigenvalue weighted by Gasteiger charge is 2.28. The summed E-state index contributed by atoms with van der Waals surface area (Å²) in [6.07, 6.45) is 0.222. The maximum Gasteiger partial charge on any atom is 0.318 e. The quantitative estimate of drug-likeness (QED) is 0.293. The molecule has 0 aromatic carbocycles. The van der Waals surface area contributed by atoms with Gasteiger partial charge in [-0.15, -0.1) is 0 Å². The van der Waals surface area contributed by atoms with E-state index in [9.17, 15) is 26.4 Å². The molecule has 0 radical (unpaired) electrons. The van der Waals surface area contributed by atoms with Crippen molar-refractivity contribution in [1.29, 1.82) is 0 Å². The molecule has 0 aliphatic heterocycles. The van der Waals surface area contributed by atoms with Crippen molar-refractivity contribution in [2.45, 2.75) is 18.6 Å². The average Bonchev–Trinajstić information content (AvgIpc) is 2.43. The van der Waals surface area contributed by atoms with Crippen LogP contribution in [0, 0.1) is 0 Å². The van der Waals surface area contributed by atoms with Crippen molar-refractivity contribution in [3.63, 3.8) is 0 Å². The van der Waals surface area contributed by atoms with Crippen LogP contribution in [0.3, 0.4) is 0 Å².